The monoisotopic (exact) mass is 348 g/mol. The summed E-state index contributed by atoms with van der Waals surface area (Å²) in [4.78, 5) is 16.6. The summed E-state index contributed by atoms with van der Waals surface area (Å²) in [5.74, 6) is -0.274. The molecule has 2 aromatic rings. The van der Waals surface area contributed by atoms with Crippen LogP contribution in [0.15, 0.2) is 53.7 Å². The third-order valence-electron chi connectivity index (χ3n) is 3.22. The summed E-state index contributed by atoms with van der Waals surface area (Å²) < 4.78 is 28.3. The van der Waals surface area contributed by atoms with Crippen LogP contribution in [-0.2, 0) is 16.1 Å². The fourth-order valence-electron chi connectivity index (χ4n) is 1.95. The van der Waals surface area contributed by atoms with Crippen LogP contribution in [0, 0.1) is 0 Å². The van der Waals surface area contributed by atoms with E-state index >= 15 is 0 Å². The van der Waals surface area contributed by atoms with Crippen molar-refractivity contribution in [3.63, 3.8) is 0 Å². The number of rotatable bonds is 8. The Morgan fingerprint density at radius 1 is 1.16 bits per heavy atom. The molecule has 25 heavy (non-hydrogen) atoms. The quantitative estimate of drug-likeness (QED) is 0.582. The summed E-state index contributed by atoms with van der Waals surface area (Å²) in [7, 11) is 0. The second-order valence-electron chi connectivity index (χ2n) is 5.05. The number of aryl methyl sites for hydroxylation is 1. The Morgan fingerprint density at radius 3 is 2.44 bits per heavy atom. The maximum Gasteiger partial charge on any atom is 0.387 e. The summed E-state index contributed by atoms with van der Waals surface area (Å²) in [5.41, 5.74) is 2.49. The minimum Gasteiger partial charge on any atom is -0.435 e. The van der Waals surface area contributed by atoms with Crippen molar-refractivity contribution >= 4 is 17.8 Å². The van der Waals surface area contributed by atoms with Gasteiger partial charge < -0.3 is 14.9 Å². The van der Waals surface area contributed by atoms with Gasteiger partial charge in [0.05, 0.1) is 6.21 Å². The minimum absolute atomic E-state index is 0.0570. The van der Waals surface area contributed by atoms with E-state index in [4.69, 9.17) is 4.84 Å². The van der Waals surface area contributed by atoms with Crippen LogP contribution in [0.2, 0.25) is 0 Å². The molecule has 132 valence electrons. The van der Waals surface area contributed by atoms with E-state index in [1.165, 1.54) is 23.9 Å². The number of carbonyl (C=O) groups is 1. The Balaban J connectivity index is 1.75. The molecule has 2 aromatic carbocycles. The number of anilines is 1. The normalized spacial score (nSPS) is 10.9. The van der Waals surface area contributed by atoms with Crippen molar-refractivity contribution in [3.8, 4) is 5.75 Å². The average Bonchev–Trinajstić information content (AvgIpc) is 2.60. The number of halogens is 2. The zero-order valence-electron chi connectivity index (χ0n) is 13.6. The van der Waals surface area contributed by atoms with E-state index in [-0.39, 0.29) is 18.3 Å². The second-order valence-corrected chi connectivity index (χ2v) is 5.05. The predicted molar refractivity (Wildman–Crippen MR) is 91.1 cm³/mol. The average molecular weight is 348 g/mol. The first-order valence-electron chi connectivity index (χ1n) is 7.66. The van der Waals surface area contributed by atoms with E-state index in [0.717, 1.165) is 6.42 Å². The van der Waals surface area contributed by atoms with Crippen LogP contribution < -0.4 is 10.1 Å². The molecule has 0 fully saturated rings. The summed E-state index contributed by atoms with van der Waals surface area (Å²) in [6.45, 7) is -1.04. The van der Waals surface area contributed by atoms with Gasteiger partial charge in [-0.15, -0.1) is 0 Å². The smallest absolute Gasteiger partial charge is 0.387 e. The van der Waals surface area contributed by atoms with Crippen molar-refractivity contribution < 1.29 is 23.1 Å². The maximum absolute atomic E-state index is 12.0. The van der Waals surface area contributed by atoms with Gasteiger partial charge in [0.1, 0.15) is 5.75 Å². The van der Waals surface area contributed by atoms with Gasteiger partial charge in [-0.1, -0.05) is 24.2 Å². The predicted octanol–water partition coefficient (Wildman–Crippen LogP) is 3.84. The number of amides is 1. The molecule has 0 bridgehead atoms. The molecule has 0 unspecified atom stereocenters. The van der Waals surface area contributed by atoms with Crippen LogP contribution >= 0.6 is 0 Å². The van der Waals surface area contributed by atoms with E-state index in [9.17, 15) is 13.6 Å². The van der Waals surface area contributed by atoms with E-state index in [2.05, 4.69) is 22.1 Å². The molecule has 5 nitrogen and oxygen atoms in total. The van der Waals surface area contributed by atoms with E-state index < -0.39 is 6.61 Å². The lowest BCUT2D eigenvalue weighted by atomic mass is 10.1. The highest BCUT2D eigenvalue weighted by atomic mass is 19.3. The number of alkyl halides is 2. The molecule has 0 aromatic heterocycles. The first kappa shape index (κ1) is 18.4. The highest BCUT2D eigenvalue weighted by molar-refractivity contribution is 5.91. The number of hydrogen-bond acceptors (Lipinski definition) is 4. The first-order chi connectivity index (χ1) is 12.1. The van der Waals surface area contributed by atoms with Crippen molar-refractivity contribution in [2.45, 2.75) is 20.0 Å². The molecule has 0 saturated carbocycles. The molecular formula is C18H18F2N2O3. The van der Waals surface area contributed by atoms with Crippen molar-refractivity contribution in [1.29, 1.82) is 0 Å². The van der Waals surface area contributed by atoms with Gasteiger partial charge in [-0.25, -0.2) is 0 Å². The van der Waals surface area contributed by atoms with Crippen LogP contribution in [0.25, 0.3) is 0 Å². The molecule has 0 aliphatic heterocycles. The molecule has 0 aliphatic carbocycles. The maximum atomic E-state index is 12.0. The largest absolute Gasteiger partial charge is 0.435 e. The summed E-state index contributed by atoms with van der Waals surface area (Å²) in [6, 6.07) is 13.4. The molecule has 0 atom stereocenters. The molecule has 0 spiro atoms. The summed E-state index contributed by atoms with van der Waals surface area (Å²) >= 11 is 0. The molecule has 0 saturated heterocycles. The van der Waals surface area contributed by atoms with Crippen LogP contribution in [-0.4, -0.2) is 25.3 Å². The number of ether oxygens (including phenoxy) is 1. The standard InChI is InChI=1S/C18H18F2N2O3/c1-2-13-3-7-15(8-4-13)22-17(23)12-24-21-11-14-5-9-16(10-6-14)25-18(19)20/h3-11,18H,2,12H2,1H3,(H,22,23)/b21-11+. The molecular weight excluding hydrogens is 330 g/mol. The summed E-state index contributed by atoms with van der Waals surface area (Å²) in [5, 5.41) is 6.36. The van der Waals surface area contributed by atoms with Gasteiger partial charge in [0, 0.05) is 5.69 Å². The van der Waals surface area contributed by atoms with Crippen molar-refractivity contribution in [2.75, 3.05) is 11.9 Å². The van der Waals surface area contributed by atoms with Gasteiger partial charge in [0.25, 0.3) is 5.91 Å². The zero-order chi connectivity index (χ0) is 18.1. The fraction of sp³-hybridized carbons (Fsp3) is 0.222. The number of oxime groups is 1. The minimum atomic E-state index is -2.86. The lowest BCUT2D eigenvalue weighted by molar-refractivity contribution is -0.120. The van der Waals surface area contributed by atoms with E-state index in [1.54, 1.807) is 12.1 Å². The molecule has 1 N–H and O–H groups in total. The Kier molecular flexibility index (Phi) is 6.88. The third kappa shape index (κ3) is 6.58. The van der Waals surface area contributed by atoms with Gasteiger partial charge in [-0.3, -0.25) is 4.79 Å². The van der Waals surface area contributed by atoms with Gasteiger partial charge in [0.2, 0.25) is 0 Å². The second kappa shape index (κ2) is 9.36. The highest BCUT2D eigenvalue weighted by Crippen LogP contribution is 2.14. The zero-order valence-corrected chi connectivity index (χ0v) is 13.6. The Bertz CT molecular complexity index is 701. The third-order valence-corrected chi connectivity index (χ3v) is 3.22. The number of carbonyl (C=O) groups excluding carboxylic acids is 1. The molecule has 1 amide bonds. The molecule has 0 aliphatic rings. The lowest BCUT2D eigenvalue weighted by Gasteiger charge is -2.05. The van der Waals surface area contributed by atoms with E-state index in [1.807, 2.05) is 24.3 Å². The van der Waals surface area contributed by atoms with Crippen molar-refractivity contribution in [1.82, 2.24) is 0 Å². The molecule has 2 rings (SSSR count). The number of benzene rings is 2. The van der Waals surface area contributed by atoms with E-state index in [0.29, 0.717) is 11.3 Å². The van der Waals surface area contributed by atoms with Gasteiger partial charge >= 0.3 is 6.61 Å². The SMILES string of the molecule is CCc1ccc(NC(=O)CO/N=C/c2ccc(OC(F)F)cc2)cc1. The van der Waals surface area contributed by atoms with Crippen molar-refractivity contribution in [2.24, 2.45) is 5.16 Å². The molecule has 0 heterocycles. The van der Waals surface area contributed by atoms with Crippen LogP contribution in [0.4, 0.5) is 14.5 Å². The van der Waals surface area contributed by atoms with Gasteiger partial charge in [-0.2, -0.15) is 8.78 Å². The fourth-order valence-corrected chi connectivity index (χ4v) is 1.95. The number of hydrogen-bond donors (Lipinski definition) is 1. The topological polar surface area (TPSA) is 59.9 Å². The summed E-state index contributed by atoms with van der Waals surface area (Å²) in [6.07, 6.45) is 2.30. The highest BCUT2D eigenvalue weighted by Gasteiger charge is 2.04. The lowest BCUT2D eigenvalue weighted by Crippen LogP contribution is -2.16. The number of nitrogens with zero attached hydrogens (tertiary/aromatic N) is 1. The molecule has 7 heteroatoms. The van der Waals surface area contributed by atoms with Gasteiger partial charge in [-0.05, 0) is 53.9 Å². The number of nitrogens with one attached hydrogen (secondary N) is 1. The Morgan fingerprint density at radius 2 is 1.84 bits per heavy atom. The van der Waals surface area contributed by atoms with Crippen LogP contribution in [0.5, 0.6) is 5.75 Å². The van der Waals surface area contributed by atoms with Gasteiger partial charge in [0.15, 0.2) is 6.61 Å². The molecule has 0 radical (unpaired) electrons. The Hall–Kier alpha value is -2.96. The van der Waals surface area contributed by atoms with Crippen LogP contribution in [0.1, 0.15) is 18.1 Å². The van der Waals surface area contributed by atoms with Crippen molar-refractivity contribution in [3.05, 3.63) is 59.7 Å². The van der Waals surface area contributed by atoms with Crippen LogP contribution in [0.3, 0.4) is 0 Å². The Labute approximate surface area is 144 Å². The first-order valence-corrected chi connectivity index (χ1v) is 7.66.